The van der Waals surface area contributed by atoms with Crippen LogP contribution in [0.2, 0.25) is 0 Å². The van der Waals surface area contributed by atoms with Gasteiger partial charge in [-0.2, -0.15) is 4.58 Å². The molecule has 0 aliphatic rings. The summed E-state index contributed by atoms with van der Waals surface area (Å²) in [4.78, 5) is 4.87. The highest BCUT2D eigenvalue weighted by atomic mass is 28.4. The van der Waals surface area contributed by atoms with Crippen LogP contribution in [0.3, 0.4) is 0 Å². The lowest BCUT2D eigenvalue weighted by atomic mass is 10.3. The number of hydrogen-bond donors (Lipinski definition) is 0. The summed E-state index contributed by atoms with van der Waals surface area (Å²) in [5.74, 6) is 0. The molecule has 0 fully saturated rings. The molecule has 0 unspecified atom stereocenters. The Labute approximate surface area is 138 Å². The summed E-state index contributed by atoms with van der Waals surface area (Å²) in [5.41, 5.74) is 0. The molecule has 0 heterocycles. The second-order valence-corrected chi connectivity index (χ2v) is 7.45. The molecule has 5 nitrogen and oxygen atoms in total. The molecule has 6 heteroatoms. The molecule has 0 saturated heterocycles. The molecule has 0 aromatic rings. The fourth-order valence-electron chi connectivity index (χ4n) is 1.95. The van der Waals surface area contributed by atoms with Crippen molar-refractivity contribution in [1.29, 1.82) is 0 Å². The van der Waals surface area contributed by atoms with Gasteiger partial charge in [0.2, 0.25) is 0 Å². The van der Waals surface area contributed by atoms with Gasteiger partial charge < -0.3 is 13.3 Å². The second kappa shape index (κ2) is 15.9. The first-order chi connectivity index (χ1) is 10.7. The van der Waals surface area contributed by atoms with Gasteiger partial charge in [0, 0.05) is 19.8 Å². The molecule has 0 atom stereocenters. The lowest BCUT2D eigenvalue weighted by molar-refractivity contribution is -0.255. The molecule has 0 spiro atoms. The van der Waals surface area contributed by atoms with Gasteiger partial charge in [0.25, 0.3) is 0 Å². The zero-order chi connectivity index (χ0) is 16.5. The molecule has 22 heavy (non-hydrogen) atoms. The van der Waals surface area contributed by atoms with E-state index in [1.807, 2.05) is 0 Å². The van der Waals surface area contributed by atoms with Crippen LogP contribution in [-0.2, 0) is 22.7 Å². The topological polar surface area (TPSA) is 46.2 Å². The maximum atomic E-state index is 5.88. The first kappa shape index (κ1) is 22.0. The Balaban J connectivity index is 4.39. The molecule has 0 radical (unpaired) electrons. The Kier molecular flexibility index (Phi) is 15.9. The molecular weight excluding hydrogens is 300 g/mol. The summed E-state index contributed by atoms with van der Waals surface area (Å²) >= 11 is 0. The van der Waals surface area contributed by atoms with E-state index in [-0.39, 0.29) is 0 Å². The molecule has 134 valence electrons. The minimum absolute atomic E-state index is 0.588. The monoisotopic (exact) mass is 336 g/mol. The Morgan fingerprint density at radius 3 is 1.23 bits per heavy atom. The molecule has 0 aromatic carbocycles. The highest BCUT2D eigenvalue weighted by molar-refractivity contribution is 6.53. The lowest BCUT2D eigenvalue weighted by Gasteiger charge is -2.26. The summed E-state index contributed by atoms with van der Waals surface area (Å²) in [6.45, 7) is 8.26. The first-order valence-electron chi connectivity index (χ1n) is 8.88. The van der Waals surface area contributed by atoms with Gasteiger partial charge in [-0.3, -0.25) is 0 Å². The van der Waals surface area contributed by atoms with E-state index in [1.165, 1.54) is 7.11 Å². The minimum atomic E-state index is -3.17. The Morgan fingerprint density at radius 1 is 0.591 bits per heavy atom. The predicted octanol–water partition coefficient (Wildman–Crippen LogP) is 4.62. The molecule has 0 aliphatic carbocycles. The summed E-state index contributed by atoms with van der Waals surface area (Å²) in [6, 6.07) is 0. The van der Waals surface area contributed by atoms with Crippen LogP contribution in [-0.4, -0.2) is 36.0 Å². The Bertz CT molecular complexity index is 197. The maximum Gasteiger partial charge on any atom is 0.707 e. The van der Waals surface area contributed by atoms with Crippen LogP contribution in [0.4, 0.5) is 0 Å². The van der Waals surface area contributed by atoms with Crippen molar-refractivity contribution >= 4 is 9.05 Å². The summed E-state index contributed by atoms with van der Waals surface area (Å²) < 4.78 is 23.0. The van der Waals surface area contributed by atoms with Gasteiger partial charge in [-0.15, -0.1) is 0 Å². The van der Waals surface area contributed by atoms with Gasteiger partial charge >= 0.3 is 9.05 Å². The van der Waals surface area contributed by atoms with Gasteiger partial charge in [0.15, 0.2) is 0 Å². The van der Waals surface area contributed by atoms with Crippen molar-refractivity contribution in [3.63, 3.8) is 0 Å². The van der Waals surface area contributed by atoms with Gasteiger partial charge in [0.1, 0.15) is 0 Å². The number of hydrogen-bond acceptors (Lipinski definition) is 5. The third-order valence-corrected chi connectivity index (χ3v) is 5.31. The molecule has 0 bridgehead atoms. The van der Waals surface area contributed by atoms with Crippen LogP contribution in [0.25, 0.3) is 0 Å². The summed E-state index contributed by atoms with van der Waals surface area (Å²) in [6.07, 6.45) is 9.78. The Morgan fingerprint density at radius 2 is 0.955 bits per heavy atom. The first-order valence-corrected chi connectivity index (χ1v) is 10.5. The lowest BCUT2D eigenvalue weighted by Crippen LogP contribution is -2.49. The average Bonchev–Trinajstić information content (AvgIpc) is 2.53. The van der Waals surface area contributed by atoms with Crippen molar-refractivity contribution < 1.29 is 22.7 Å². The van der Waals surface area contributed by atoms with E-state index in [1.54, 1.807) is 0 Å². The highest BCUT2D eigenvalue weighted by Gasteiger charge is 2.47. The standard InChI is InChI=1S/C16H36O5Si/c1-5-8-11-14-18-22(21-17-4,19-15-12-9-6-2)20-16-13-10-7-3/h5-16H2,1-4H3. The SMILES string of the molecule is CCCCCO[Si](OCCCCC)(OCCCCC)OOC. The summed E-state index contributed by atoms with van der Waals surface area (Å²) in [5, 5.41) is 0. The van der Waals surface area contributed by atoms with Crippen LogP contribution in [0.5, 0.6) is 0 Å². The van der Waals surface area contributed by atoms with Crippen molar-refractivity contribution in [2.45, 2.75) is 78.6 Å². The molecule has 0 aliphatic heterocycles. The van der Waals surface area contributed by atoms with Gasteiger partial charge in [0.05, 0.1) is 7.11 Å². The third-order valence-electron chi connectivity index (χ3n) is 3.27. The van der Waals surface area contributed by atoms with Crippen molar-refractivity contribution in [3.8, 4) is 0 Å². The molecule has 0 saturated carbocycles. The van der Waals surface area contributed by atoms with E-state index in [9.17, 15) is 0 Å². The van der Waals surface area contributed by atoms with Crippen LogP contribution in [0.1, 0.15) is 78.6 Å². The second-order valence-electron chi connectivity index (χ2n) is 5.42. The van der Waals surface area contributed by atoms with E-state index < -0.39 is 9.05 Å². The van der Waals surface area contributed by atoms with E-state index >= 15 is 0 Å². The van der Waals surface area contributed by atoms with Crippen molar-refractivity contribution in [1.82, 2.24) is 0 Å². The van der Waals surface area contributed by atoms with Crippen LogP contribution in [0.15, 0.2) is 0 Å². The van der Waals surface area contributed by atoms with E-state index in [0.717, 1.165) is 57.8 Å². The van der Waals surface area contributed by atoms with Gasteiger partial charge in [-0.25, -0.2) is 4.89 Å². The Hall–Kier alpha value is 0.0169. The zero-order valence-electron chi connectivity index (χ0n) is 15.0. The third kappa shape index (κ3) is 11.6. The minimum Gasteiger partial charge on any atom is -0.350 e. The number of rotatable bonds is 17. The van der Waals surface area contributed by atoms with Crippen molar-refractivity contribution in [2.24, 2.45) is 0 Å². The molecular formula is C16H36O5Si. The van der Waals surface area contributed by atoms with Crippen molar-refractivity contribution in [2.75, 3.05) is 26.9 Å². The highest BCUT2D eigenvalue weighted by Crippen LogP contribution is 2.16. The smallest absolute Gasteiger partial charge is 0.350 e. The predicted molar refractivity (Wildman–Crippen MR) is 90.3 cm³/mol. The van der Waals surface area contributed by atoms with Crippen LogP contribution < -0.4 is 0 Å². The molecule has 0 rings (SSSR count). The maximum absolute atomic E-state index is 5.88. The molecule has 0 amide bonds. The van der Waals surface area contributed by atoms with E-state index in [4.69, 9.17) is 22.7 Å². The zero-order valence-corrected chi connectivity index (χ0v) is 16.0. The van der Waals surface area contributed by atoms with Gasteiger partial charge in [-0.1, -0.05) is 59.3 Å². The van der Waals surface area contributed by atoms with E-state index in [0.29, 0.717) is 19.8 Å². The molecule has 0 aromatic heterocycles. The fraction of sp³-hybridized carbons (Fsp3) is 1.00. The van der Waals surface area contributed by atoms with Crippen LogP contribution >= 0.6 is 0 Å². The quantitative estimate of drug-likeness (QED) is 0.168. The molecule has 0 N–H and O–H groups in total. The number of unbranched alkanes of at least 4 members (excludes halogenated alkanes) is 6. The fourth-order valence-corrected chi connectivity index (χ4v) is 3.73. The largest absolute Gasteiger partial charge is 0.707 e. The average molecular weight is 337 g/mol. The van der Waals surface area contributed by atoms with E-state index in [2.05, 4.69) is 20.8 Å². The van der Waals surface area contributed by atoms with Gasteiger partial charge in [-0.05, 0) is 19.3 Å². The normalized spacial score (nSPS) is 12.0. The summed E-state index contributed by atoms with van der Waals surface area (Å²) in [7, 11) is -1.69. The van der Waals surface area contributed by atoms with Crippen LogP contribution in [0, 0.1) is 0 Å². The van der Waals surface area contributed by atoms with Crippen molar-refractivity contribution in [3.05, 3.63) is 0 Å².